The Labute approximate surface area is 121 Å². The van der Waals surface area contributed by atoms with Crippen molar-refractivity contribution in [1.82, 2.24) is 0 Å². The third-order valence-electron chi connectivity index (χ3n) is 2.69. The van der Waals surface area contributed by atoms with E-state index in [1.54, 1.807) is 0 Å². The zero-order valence-corrected chi connectivity index (χ0v) is 14.8. The Morgan fingerprint density at radius 3 is 1.11 bits per heavy atom. The molecule has 0 aromatic heterocycles. The minimum Gasteiger partial charge on any atom is -0.399 e. The van der Waals surface area contributed by atoms with Crippen LogP contribution < -0.4 is 5.73 Å². The summed E-state index contributed by atoms with van der Waals surface area (Å²) >= 11 is 0. The van der Waals surface area contributed by atoms with Crippen LogP contribution in [0.1, 0.15) is 80.4 Å². The van der Waals surface area contributed by atoms with E-state index in [1.807, 2.05) is 27.7 Å². The molecule has 2 N–H and O–H groups in total. The normalized spacial score (nSPS) is 10.8. The highest BCUT2D eigenvalue weighted by atomic mass is 14.5. The van der Waals surface area contributed by atoms with E-state index >= 15 is 0 Å². The molecule has 0 aliphatic carbocycles. The number of nitrogen functional groups attached to an aromatic ring is 1. The molecule has 0 saturated carbocycles. The van der Waals surface area contributed by atoms with Crippen LogP contribution in [0.25, 0.3) is 0 Å². The van der Waals surface area contributed by atoms with Crippen LogP contribution in [-0.4, -0.2) is 0 Å². The van der Waals surface area contributed by atoms with Crippen molar-refractivity contribution in [1.29, 1.82) is 0 Å². The molecule has 0 bridgehead atoms. The molecule has 0 saturated heterocycles. The number of hydrogen-bond acceptors (Lipinski definition) is 1. The molecule has 112 valence electrons. The van der Waals surface area contributed by atoms with E-state index in [2.05, 4.69) is 59.7 Å². The Kier molecular flexibility index (Phi) is 8.82. The fourth-order valence-corrected chi connectivity index (χ4v) is 1.52. The molecular formula is C18H35N. The molecule has 0 unspecified atom stereocenters. The maximum Gasteiger partial charge on any atom is 0.0319 e. The Morgan fingerprint density at radius 2 is 0.895 bits per heavy atom. The van der Waals surface area contributed by atoms with Crippen LogP contribution in [0.2, 0.25) is 0 Å². The van der Waals surface area contributed by atoms with Crippen molar-refractivity contribution in [2.24, 2.45) is 0 Å². The molecule has 0 amide bonds. The molecule has 0 aliphatic heterocycles. The number of benzene rings is 1. The summed E-state index contributed by atoms with van der Waals surface area (Å²) in [6, 6.07) is 6.43. The monoisotopic (exact) mass is 265 g/mol. The third-order valence-corrected chi connectivity index (χ3v) is 2.69. The Balaban J connectivity index is 0. The van der Waals surface area contributed by atoms with E-state index in [0.717, 1.165) is 5.69 Å². The lowest BCUT2D eigenvalue weighted by molar-refractivity contribution is 0.569. The summed E-state index contributed by atoms with van der Waals surface area (Å²) in [7, 11) is 0. The second-order valence-electron chi connectivity index (χ2n) is 6.34. The summed E-state index contributed by atoms with van der Waals surface area (Å²) in [6.45, 7) is 21.3. The van der Waals surface area contributed by atoms with E-state index in [1.165, 1.54) is 11.1 Å². The molecule has 0 heterocycles. The first-order chi connectivity index (χ1) is 8.60. The quantitative estimate of drug-likeness (QED) is 0.579. The van der Waals surface area contributed by atoms with Gasteiger partial charge in [0.15, 0.2) is 0 Å². The van der Waals surface area contributed by atoms with Gasteiger partial charge in [-0.1, -0.05) is 75.3 Å². The third kappa shape index (κ3) is 7.25. The zero-order chi connectivity index (χ0) is 15.9. The van der Waals surface area contributed by atoms with Gasteiger partial charge in [-0.3, -0.25) is 0 Å². The van der Waals surface area contributed by atoms with Crippen molar-refractivity contribution in [3.05, 3.63) is 29.3 Å². The lowest BCUT2D eigenvalue weighted by atomic mass is 9.80. The van der Waals surface area contributed by atoms with Crippen LogP contribution in [0.5, 0.6) is 0 Å². The average Bonchev–Trinajstić information content (AvgIpc) is 2.31. The molecule has 0 radical (unpaired) electrons. The van der Waals surface area contributed by atoms with Crippen molar-refractivity contribution < 1.29 is 0 Å². The lowest BCUT2D eigenvalue weighted by Crippen LogP contribution is -2.16. The van der Waals surface area contributed by atoms with Gasteiger partial charge in [0.1, 0.15) is 0 Å². The number of anilines is 1. The van der Waals surface area contributed by atoms with Crippen LogP contribution >= 0.6 is 0 Å². The SMILES string of the molecule is CC.CC.CC(C)(C)c1cc(N)cc(C(C)(C)C)c1. The van der Waals surface area contributed by atoms with Crippen molar-refractivity contribution in [2.75, 3.05) is 5.73 Å². The molecule has 1 aromatic rings. The van der Waals surface area contributed by atoms with Crippen LogP contribution in [0.15, 0.2) is 18.2 Å². The fraction of sp³-hybridized carbons (Fsp3) is 0.667. The summed E-state index contributed by atoms with van der Waals surface area (Å²) in [6.07, 6.45) is 0. The van der Waals surface area contributed by atoms with E-state index in [4.69, 9.17) is 5.73 Å². The molecule has 1 nitrogen and oxygen atoms in total. The standard InChI is InChI=1S/C14H23N.2C2H6/c1-13(2,3)10-7-11(14(4,5)6)9-12(15)8-10;2*1-2/h7-9H,15H2,1-6H3;2*1-2H3. The summed E-state index contributed by atoms with van der Waals surface area (Å²) in [5.41, 5.74) is 9.77. The van der Waals surface area contributed by atoms with Gasteiger partial charge < -0.3 is 5.73 Å². The molecule has 1 aromatic carbocycles. The summed E-state index contributed by atoms with van der Waals surface area (Å²) in [4.78, 5) is 0. The first-order valence-corrected chi connectivity index (χ1v) is 7.52. The van der Waals surface area contributed by atoms with E-state index in [0.29, 0.717) is 0 Å². The maximum atomic E-state index is 5.95. The van der Waals surface area contributed by atoms with Gasteiger partial charge in [0.05, 0.1) is 0 Å². The molecule has 0 atom stereocenters. The van der Waals surface area contributed by atoms with Gasteiger partial charge in [0, 0.05) is 5.69 Å². The van der Waals surface area contributed by atoms with Gasteiger partial charge in [-0.15, -0.1) is 0 Å². The van der Waals surface area contributed by atoms with Crippen LogP contribution in [0.4, 0.5) is 5.69 Å². The summed E-state index contributed by atoms with van der Waals surface area (Å²) in [5.74, 6) is 0. The van der Waals surface area contributed by atoms with Crippen molar-refractivity contribution >= 4 is 5.69 Å². The smallest absolute Gasteiger partial charge is 0.0319 e. The Morgan fingerprint density at radius 1 is 0.632 bits per heavy atom. The van der Waals surface area contributed by atoms with Crippen molar-refractivity contribution in [3.63, 3.8) is 0 Å². The first-order valence-electron chi connectivity index (χ1n) is 7.52. The molecule has 1 heteroatoms. The highest BCUT2D eigenvalue weighted by Crippen LogP contribution is 2.30. The topological polar surface area (TPSA) is 26.0 Å². The molecule has 0 fully saturated rings. The summed E-state index contributed by atoms with van der Waals surface area (Å²) in [5, 5.41) is 0. The minimum absolute atomic E-state index is 0.162. The lowest BCUT2D eigenvalue weighted by Gasteiger charge is -2.25. The van der Waals surface area contributed by atoms with E-state index in [-0.39, 0.29) is 10.8 Å². The summed E-state index contributed by atoms with van der Waals surface area (Å²) < 4.78 is 0. The van der Waals surface area contributed by atoms with E-state index in [9.17, 15) is 0 Å². The van der Waals surface area contributed by atoms with Gasteiger partial charge >= 0.3 is 0 Å². The largest absolute Gasteiger partial charge is 0.399 e. The molecule has 0 aliphatic rings. The van der Waals surface area contributed by atoms with Crippen LogP contribution in [0.3, 0.4) is 0 Å². The number of hydrogen-bond donors (Lipinski definition) is 1. The van der Waals surface area contributed by atoms with Crippen LogP contribution in [-0.2, 0) is 10.8 Å². The van der Waals surface area contributed by atoms with E-state index < -0.39 is 0 Å². The maximum absolute atomic E-state index is 5.95. The molecular weight excluding hydrogens is 230 g/mol. The number of rotatable bonds is 0. The fourth-order valence-electron chi connectivity index (χ4n) is 1.52. The number of nitrogens with two attached hydrogens (primary N) is 1. The second kappa shape index (κ2) is 8.24. The highest BCUT2D eigenvalue weighted by Gasteiger charge is 2.19. The second-order valence-corrected chi connectivity index (χ2v) is 6.34. The zero-order valence-electron chi connectivity index (χ0n) is 14.8. The average molecular weight is 265 g/mol. The van der Waals surface area contributed by atoms with Gasteiger partial charge in [-0.25, -0.2) is 0 Å². The Bertz CT molecular complexity index is 319. The minimum atomic E-state index is 0.162. The van der Waals surface area contributed by atoms with Gasteiger partial charge in [0.25, 0.3) is 0 Å². The van der Waals surface area contributed by atoms with Crippen molar-refractivity contribution in [3.8, 4) is 0 Å². The highest BCUT2D eigenvalue weighted by molar-refractivity contribution is 5.48. The van der Waals surface area contributed by atoms with Gasteiger partial charge in [-0.05, 0) is 34.1 Å². The first kappa shape index (κ1) is 20.3. The molecule has 1 rings (SSSR count). The van der Waals surface area contributed by atoms with Gasteiger partial charge in [0.2, 0.25) is 0 Å². The van der Waals surface area contributed by atoms with Crippen LogP contribution in [0, 0.1) is 0 Å². The molecule has 19 heavy (non-hydrogen) atoms. The predicted octanol–water partition coefficient (Wildman–Crippen LogP) is 5.92. The Hall–Kier alpha value is -0.980. The molecule has 0 spiro atoms. The predicted molar refractivity (Wildman–Crippen MR) is 91.0 cm³/mol. The van der Waals surface area contributed by atoms with Crippen molar-refractivity contribution in [2.45, 2.75) is 80.1 Å². The van der Waals surface area contributed by atoms with Gasteiger partial charge in [-0.2, -0.15) is 0 Å².